The summed E-state index contributed by atoms with van der Waals surface area (Å²) in [7, 11) is 0. The summed E-state index contributed by atoms with van der Waals surface area (Å²) >= 11 is 2.67. The number of nitrogens with one attached hydrogen (secondary N) is 1. The number of anilines is 1. The van der Waals surface area contributed by atoms with Crippen molar-refractivity contribution in [3.63, 3.8) is 0 Å². The van der Waals surface area contributed by atoms with E-state index in [0.717, 1.165) is 15.4 Å². The molecule has 4 aromatic rings. The Hall–Kier alpha value is -4.54. The number of imide groups is 2. The van der Waals surface area contributed by atoms with E-state index in [9.17, 15) is 29.4 Å². The first-order valence-corrected chi connectivity index (χ1v) is 14.6. The molecule has 0 saturated heterocycles. The van der Waals surface area contributed by atoms with Gasteiger partial charge in [0.15, 0.2) is 0 Å². The van der Waals surface area contributed by atoms with Gasteiger partial charge in [0.2, 0.25) is 0 Å². The number of carbonyl (C=O) groups excluding carboxylic acids is 4. The third-order valence-electron chi connectivity index (χ3n) is 7.00. The van der Waals surface area contributed by atoms with Gasteiger partial charge in [0.05, 0.1) is 27.9 Å². The second kappa shape index (κ2) is 10.1. The molecule has 0 saturated carbocycles. The van der Waals surface area contributed by atoms with E-state index in [1.807, 2.05) is 26.8 Å². The molecule has 4 aromatic carbocycles. The number of fused-ring (bicyclic) bond motifs is 2. The van der Waals surface area contributed by atoms with Crippen molar-refractivity contribution in [1.82, 2.24) is 5.32 Å². The number of aromatic hydroxyl groups is 2. The van der Waals surface area contributed by atoms with Crippen molar-refractivity contribution >= 4 is 52.8 Å². The first-order chi connectivity index (χ1) is 19.9. The highest BCUT2D eigenvalue weighted by Gasteiger charge is 2.38. The Morgan fingerprint density at radius 3 is 1.76 bits per heavy atom. The summed E-state index contributed by atoms with van der Waals surface area (Å²) < 4.78 is 0. The maximum absolute atomic E-state index is 13.5. The molecule has 0 unspecified atom stereocenters. The third-order valence-corrected chi connectivity index (χ3v) is 8.96. The van der Waals surface area contributed by atoms with E-state index in [4.69, 9.17) is 0 Å². The summed E-state index contributed by atoms with van der Waals surface area (Å²) in [6.45, 7) is 6.02. The molecular weight excluding hydrogens is 572 g/mol. The average Bonchev–Trinajstić information content (AvgIpc) is 3.36. The van der Waals surface area contributed by atoms with Gasteiger partial charge in [0.25, 0.3) is 23.6 Å². The van der Waals surface area contributed by atoms with Crippen LogP contribution in [0.5, 0.6) is 11.5 Å². The van der Waals surface area contributed by atoms with Gasteiger partial charge in [-0.3, -0.25) is 24.5 Å². The number of rotatable bonds is 5. The summed E-state index contributed by atoms with van der Waals surface area (Å²) in [5.74, 6) is -2.00. The average molecular weight is 597 g/mol. The first-order valence-electron chi connectivity index (χ1n) is 13.0. The van der Waals surface area contributed by atoms with Gasteiger partial charge in [-0.15, -0.1) is 0 Å². The van der Waals surface area contributed by atoms with Gasteiger partial charge in [-0.2, -0.15) is 0 Å². The molecule has 0 aromatic heterocycles. The van der Waals surface area contributed by atoms with Crippen LogP contribution in [-0.4, -0.2) is 33.8 Å². The van der Waals surface area contributed by atoms with Gasteiger partial charge < -0.3 is 10.2 Å². The Morgan fingerprint density at radius 2 is 1.10 bits per heavy atom. The third kappa shape index (κ3) is 4.82. The molecule has 0 atom stereocenters. The van der Waals surface area contributed by atoms with Gasteiger partial charge in [-0.25, -0.2) is 4.90 Å². The van der Waals surface area contributed by atoms with Crippen LogP contribution in [0.15, 0.2) is 92.4 Å². The number of hydrogen-bond donors (Lipinski definition) is 3. The minimum Gasteiger partial charge on any atom is -0.508 e. The molecule has 6 rings (SSSR count). The summed E-state index contributed by atoms with van der Waals surface area (Å²) in [5, 5.41) is 23.3. The van der Waals surface area contributed by atoms with Crippen LogP contribution in [0.2, 0.25) is 0 Å². The molecule has 0 fully saturated rings. The van der Waals surface area contributed by atoms with Crippen molar-refractivity contribution < 1.29 is 29.4 Å². The van der Waals surface area contributed by atoms with Crippen LogP contribution in [0.25, 0.3) is 0 Å². The van der Waals surface area contributed by atoms with E-state index < -0.39 is 23.6 Å². The molecule has 0 bridgehead atoms. The fraction of sp³-hybridized carbons (Fsp3) is 0.125. The summed E-state index contributed by atoms with van der Waals surface area (Å²) in [6, 6.07) is 19.9. The molecule has 8 nitrogen and oxygen atoms in total. The summed E-state index contributed by atoms with van der Waals surface area (Å²) in [6.07, 6.45) is 0. The number of phenols is 2. The minimum absolute atomic E-state index is 0.0736. The van der Waals surface area contributed by atoms with E-state index in [1.54, 1.807) is 60.7 Å². The lowest BCUT2D eigenvalue weighted by molar-refractivity contribution is 0.0874. The number of hydrogen-bond acceptors (Lipinski definition) is 8. The number of phenolic OH excluding ortho intramolecular Hbond substituents is 2. The van der Waals surface area contributed by atoms with Crippen molar-refractivity contribution in [2.75, 3.05) is 4.90 Å². The Labute approximate surface area is 249 Å². The smallest absolute Gasteiger partial charge is 0.266 e. The van der Waals surface area contributed by atoms with Gasteiger partial charge in [-0.05, 0) is 78.2 Å². The van der Waals surface area contributed by atoms with Crippen molar-refractivity contribution in [1.29, 1.82) is 0 Å². The fourth-order valence-corrected chi connectivity index (χ4v) is 6.70. The number of amides is 4. The Bertz CT molecular complexity index is 1860. The summed E-state index contributed by atoms with van der Waals surface area (Å²) in [5.41, 5.74) is 1.61. The van der Waals surface area contributed by atoms with Crippen LogP contribution in [0, 0.1) is 0 Å². The lowest BCUT2D eigenvalue weighted by Crippen LogP contribution is -2.29. The predicted molar refractivity (Wildman–Crippen MR) is 159 cm³/mol. The van der Waals surface area contributed by atoms with Crippen LogP contribution in [-0.2, 0) is 5.41 Å². The zero-order chi connectivity index (χ0) is 29.9. The standard InChI is InChI=1S/C32H24N2O6S2/c1-32(2,3)24-14-18(6-10-26(24)35)42-19-7-11-27(36)25(15-19)34-30(39)21-9-5-17(13-23(21)31(34)40)41-16-4-8-20-22(12-16)29(38)33-28(20)37/h4-15,35-36H,1-3H3,(H,33,37,38). The van der Waals surface area contributed by atoms with Crippen LogP contribution in [0.4, 0.5) is 5.69 Å². The van der Waals surface area contributed by atoms with E-state index in [0.29, 0.717) is 25.8 Å². The SMILES string of the molecule is CC(C)(C)c1cc(Sc2ccc(O)c(N3C(=O)c4ccc(Sc5ccc6c(c5)C(=O)NC6=O)cc4C3=O)c2)ccc1O. The van der Waals surface area contributed by atoms with Crippen molar-refractivity contribution in [3.8, 4) is 11.5 Å². The number of benzene rings is 4. The molecule has 0 radical (unpaired) electrons. The molecule has 210 valence electrons. The minimum atomic E-state index is -0.562. The van der Waals surface area contributed by atoms with E-state index in [-0.39, 0.29) is 33.7 Å². The van der Waals surface area contributed by atoms with Gasteiger partial charge in [0, 0.05) is 25.1 Å². The normalized spacial score (nSPS) is 14.3. The zero-order valence-corrected chi connectivity index (χ0v) is 24.4. The maximum Gasteiger partial charge on any atom is 0.266 e. The fourth-order valence-electron chi connectivity index (χ4n) is 4.91. The molecule has 3 N–H and O–H groups in total. The molecule has 10 heteroatoms. The lowest BCUT2D eigenvalue weighted by atomic mass is 9.86. The highest BCUT2D eigenvalue weighted by atomic mass is 32.2. The van der Waals surface area contributed by atoms with E-state index in [1.165, 1.54) is 29.6 Å². The second-order valence-electron chi connectivity index (χ2n) is 10.9. The van der Waals surface area contributed by atoms with Crippen LogP contribution >= 0.6 is 23.5 Å². The molecule has 0 aliphatic carbocycles. The van der Waals surface area contributed by atoms with Crippen molar-refractivity contribution in [3.05, 3.63) is 101 Å². The summed E-state index contributed by atoms with van der Waals surface area (Å²) in [4.78, 5) is 54.6. The molecule has 0 spiro atoms. The molecule has 42 heavy (non-hydrogen) atoms. The van der Waals surface area contributed by atoms with Crippen LogP contribution < -0.4 is 10.2 Å². The Morgan fingerprint density at radius 1 is 0.595 bits per heavy atom. The molecule has 2 aliphatic heterocycles. The lowest BCUT2D eigenvalue weighted by Gasteiger charge is -2.21. The predicted octanol–water partition coefficient (Wildman–Crippen LogP) is 6.38. The largest absolute Gasteiger partial charge is 0.508 e. The first kappa shape index (κ1) is 27.6. The highest BCUT2D eigenvalue weighted by molar-refractivity contribution is 7.99. The highest BCUT2D eigenvalue weighted by Crippen LogP contribution is 2.42. The van der Waals surface area contributed by atoms with Crippen LogP contribution in [0.3, 0.4) is 0 Å². The molecular formula is C32H24N2O6S2. The topological polar surface area (TPSA) is 124 Å². The van der Waals surface area contributed by atoms with Gasteiger partial charge in [0.1, 0.15) is 11.5 Å². The molecule has 2 heterocycles. The van der Waals surface area contributed by atoms with Crippen LogP contribution in [0.1, 0.15) is 67.8 Å². The Kier molecular flexibility index (Phi) is 6.63. The van der Waals surface area contributed by atoms with Gasteiger partial charge >= 0.3 is 0 Å². The van der Waals surface area contributed by atoms with Crippen molar-refractivity contribution in [2.45, 2.75) is 45.8 Å². The quantitative estimate of drug-likeness (QED) is 0.227. The molecule has 4 amide bonds. The molecule has 2 aliphatic rings. The monoisotopic (exact) mass is 596 g/mol. The second-order valence-corrected chi connectivity index (χ2v) is 13.2. The number of nitrogens with zero attached hydrogens (tertiary/aromatic N) is 1. The number of carbonyl (C=O) groups is 4. The van der Waals surface area contributed by atoms with Crippen molar-refractivity contribution in [2.24, 2.45) is 0 Å². The zero-order valence-electron chi connectivity index (χ0n) is 22.7. The maximum atomic E-state index is 13.5. The van der Waals surface area contributed by atoms with Gasteiger partial charge in [-0.1, -0.05) is 44.3 Å². The van der Waals surface area contributed by atoms with E-state index in [2.05, 4.69) is 5.32 Å². The Balaban J connectivity index is 1.27. The van der Waals surface area contributed by atoms with E-state index >= 15 is 0 Å².